The Labute approximate surface area is 135 Å². The van der Waals surface area contributed by atoms with Gasteiger partial charge in [-0.05, 0) is 11.1 Å². The molecule has 0 spiro atoms. The molecule has 0 aliphatic carbocycles. The zero-order valence-electron chi connectivity index (χ0n) is 12.8. The molecule has 1 amide bonds. The minimum absolute atomic E-state index is 0.268. The summed E-state index contributed by atoms with van der Waals surface area (Å²) in [6.07, 6.45) is 3.50. The summed E-state index contributed by atoms with van der Waals surface area (Å²) in [6.45, 7) is 1.12. The van der Waals surface area contributed by atoms with Gasteiger partial charge in [0.2, 0.25) is 0 Å². The Balaban J connectivity index is 1.65. The molecule has 0 unspecified atom stereocenters. The van der Waals surface area contributed by atoms with Crippen LogP contribution in [0, 0.1) is 0 Å². The van der Waals surface area contributed by atoms with Crippen molar-refractivity contribution in [2.45, 2.75) is 12.1 Å². The van der Waals surface area contributed by atoms with E-state index < -0.39 is 11.6 Å². The molecule has 0 radical (unpaired) electrons. The summed E-state index contributed by atoms with van der Waals surface area (Å²) in [5.41, 5.74) is 1.54. The van der Waals surface area contributed by atoms with E-state index in [1.165, 1.54) is 0 Å². The number of hydrogen-bond donors (Lipinski definition) is 1. The average molecular weight is 309 g/mol. The van der Waals surface area contributed by atoms with E-state index in [4.69, 9.17) is 9.47 Å². The molecule has 1 heterocycles. The zero-order chi connectivity index (χ0) is 16.0. The number of ether oxygens (including phenoxy) is 2. The van der Waals surface area contributed by atoms with Crippen LogP contribution in [0.1, 0.15) is 11.1 Å². The first-order valence-electron chi connectivity index (χ1n) is 7.57. The molecule has 1 fully saturated rings. The summed E-state index contributed by atoms with van der Waals surface area (Å²) in [5, 5.41) is 2.85. The Hall–Kier alpha value is -2.59. The van der Waals surface area contributed by atoms with Crippen molar-refractivity contribution in [2.24, 2.45) is 0 Å². The van der Waals surface area contributed by atoms with Crippen LogP contribution in [0.15, 0.2) is 66.7 Å². The second-order valence-electron chi connectivity index (χ2n) is 5.58. The topological polar surface area (TPSA) is 47.6 Å². The Morgan fingerprint density at radius 1 is 1.09 bits per heavy atom. The minimum atomic E-state index is -0.623. The highest BCUT2D eigenvalue weighted by molar-refractivity contribution is 5.72. The maximum absolute atomic E-state index is 11.5. The van der Waals surface area contributed by atoms with Gasteiger partial charge in [0, 0.05) is 0 Å². The van der Waals surface area contributed by atoms with Crippen LogP contribution in [0.5, 0.6) is 0 Å². The molecule has 1 atom stereocenters. The summed E-state index contributed by atoms with van der Waals surface area (Å²) in [6, 6.07) is 19.9. The normalized spacial score (nSPS) is 20.4. The Morgan fingerprint density at radius 3 is 2.43 bits per heavy atom. The lowest BCUT2D eigenvalue weighted by Gasteiger charge is -2.22. The number of carbonyl (C=O) groups excluding carboxylic acids is 1. The maximum atomic E-state index is 11.5. The van der Waals surface area contributed by atoms with Crippen LogP contribution in [-0.2, 0) is 16.1 Å². The number of alkyl carbamates (subject to hydrolysis) is 1. The van der Waals surface area contributed by atoms with Crippen molar-refractivity contribution in [3.8, 4) is 0 Å². The molecule has 23 heavy (non-hydrogen) atoms. The van der Waals surface area contributed by atoms with Gasteiger partial charge >= 0.3 is 6.09 Å². The van der Waals surface area contributed by atoms with Crippen LogP contribution >= 0.6 is 0 Å². The zero-order valence-corrected chi connectivity index (χ0v) is 12.8. The Bertz CT molecular complexity index is 670. The molecule has 0 saturated carbocycles. The second-order valence-corrected chi connectivity index (χ2v) is 5.58. The van der Waals surface area contributed by atoms with E-state index in [1.807, 2.05) is 72.8 Å². The van der Waals surface area contributed by atoms with Gasteiger partial charge in [0.25, 0.3) is 0 Å². The predicted molar refractivity (Wildman–Crippen MR) is 88.8 cm³/mol. The molecule has 2 aromatic rings. The van der Waals surface area contributed by atoms with Gasteiger partial charge < -0.3 is 14.8 Å². The van der Waals surface area contributed by atoms with Gasteiger partial charge in [0.15, 0.2) is 0 Å². The quantitative estimate of drug-likeness (QED) is 0.889. The third kappa shape index (κ3) is 4.20. The number of amides is 1. The molecule has 3 rings (SSSR count). The number of carbonyl (C=O) groups is 1. The van der Waals surface area contributed by atoms with Gasteiger partial charge in [-0.25, -0.2) is 4.79 Å². The minimum Gasteiger partial charge on any atom is -0.447 e. The fourth-order valence-electron chi connectivity index (χ4n) is 2.43. The van der Waals surface area contributed by atoms with E-state index in [1.54, 1.807) is 0 Å². The van der Waals surface area contributed by atoms with Crippen LogP contribution in [-0.4, -0.2) is 24.8 Å². The van der Waals surface area contributed by atoms with Crippen LogP contribution in [0.3, 0.4) is 0 Å². The van der Waals surface area contributed by atoms with Crippen molar-refractivity contribution >= 4 is 12.2 Å². The SMILES string of the molecule is O=C1N[C@@](/C=C/c2ccccc2)(COCc2ccccc2)CO1. The molecule has 1 saturated heterocycles. The van der Waals surface area contributed by atoms with E-state index in [0.717, 1.165) is 11.1 Å². The van der Waals surface area contributed by atoms with Crippen molar-refractivity contribution in [1.82, 2.24) is 5.32 Å². The predicted octanol–water partition coefficient (Wildman–Crippen LogP) is 3.40. The third-order valence-electron chi connectivity index (χ3n) is 3.68. The summed E-state index contributed by atoms with van der Waals surface area (Å²) in [4.78, 5) is 11.5. The molecule has 0 bridgehead atoms. The van der Waals surface area contributed by atoms with Crippen molar-refractivity contribution in [1.29, 1.82) is 0 Å². The first-order valence-corrected chi connectivity index (χ1v) is 7.57. The lowest BCUT2D eigenvalue weighted by Crippen LogP contribution is -2.45. The summed E-state index contributed by atoms with van der Waals surface area (Å²) in [7, 11) is 0. The summed E-state index contributed by atoms with van der Waals surface area (Å²) < 4.78 is 10.9. The molecular weight excluding hydrogens is 290 g/mol. The van der Waals surface area contributed by atoms with E-state index >= 15 is 0 Å². The molecule has 0 aromatic heterocycles. The number of benzene rings is 2. The first-order chi connectivity index (χ1) is 11.3. The molecule has 118 valence electrons. The number of cyclic esters (lactones) is 1. The van der Waals surface area contributed by atoms with Crippen molar-refractivity contribution in [3.05, 3.63) is 77.9 Å². The lowest BCUT2D eigenvalue weighted by atomic mass is 10.0. The molecule has 1 aliphatic heterocycles. The first kappa shape index (κ1) is 15.3. The molecule has 1 aliphatic rings. The standard InChI is InChI=1S/C19H19NO3/c21-18-20-19(15-23-18,12-11-16-7-3-1-4-8-16)14-22-13-17-9-5-2-6-10-17/h1-12H,13-15H2,(H,20,21)/b12-11+/t19-/m0/s1. The van der Waals surface area contributed by atoms with E-state index in [0.29, 0.717) is 13.2 Å². The maximum Gasteiger partial charge on any atom is 0.408 e. The average Bonchev–Trinajstić information content (AvgIpc) is 2.96. The Kier molecular flexibility index (Phi) is 4.74. The number of rotatable bonds is 6. The molecule has 1 N–H and O–H groups in total. The second kappa shape index (κ2) is 7.11. The highest BCUT2D eigenvalue weighted by Gasteiger charge is 2.37. The highest BCUT2D eigenvalue weighted by atomic mass is 16.6. The van der Waals surface area contributed by atoms with E-state index in [9.17, 15) is 4.79 Å². The van der Waals surface area contributed by atoms with Crippen LogP contribution < -0.4 is 5.32 Å². The molecule has 4 nitrogen and oxygen atoms in total. The highest BCUT2D eigenvalue weighted by Crippen LogP contribution is 2.18. The van der Waals surface area contributed by atoms with Crippen molar-refractivity contribution in [2.75, 3.05) is 13.2 Å². The monoisotopic (exact) mass is 309 g/mol. The van der Waals surface area contributed by atoms with E-state index in [-0.39, 0.29) is 6.61 Å². The van der Waals surface area contributed by atoms with Gasteiger partial charge in [-0.2, -0.15) is 0 Å². The smallest absolute Gasteiger partial charge is 0.408 e. The fraction of sp³-hybridized carbons (Fsp3) is 0.211. The largest absolute Gasteiger partial charge is 0.447 e. The van der Waals surface area contributed by atoms with Crippen LogP contribution in [0.4, 0.5) is 4.79 Å². The van der Waals surface area contributed by atoms with Crippen molar-refractivity contribution in [3.63, 3.8) is 0 Å². The third-order valence-corrected chi connectivity index (χ3v) is 3.68. The summed E-state index contributed by atoms with van der Waals surface area (Å²) >= 11 is 0. The summed E-state index contributed by atoms with van der Waals surface area (Å²) in [5.74, 6) is 0. The van der Waals surface area contributed by atoms with Gasteiger partial charge in [0.05, 0.1) is 13.2 Å². The number of nitrogens with one attached hydrogen (secondary N) is 1. The van der Waals surface area contributed by atoms with Crippen LogP contribution in [0.2, 0.25) is 0 Å². The van der Waals surface area contributed by atoms with Gasteiger partial charge in [-0.3, -0.25) is 0 Å². The van der Waals surface area contributed by atoms with Gasteiger partial charge in [-0.1, -0.05) is 72.8 Å². The number of hydrogen-bond acceptors (Lipinski definition) is 3. The Morgan fingerprint density at radius 2 is 1.78 bits per heavy atom. The van der Waals surface area contributed by atoms with Crippen LogP contribution in [0.25, 0.3) is 6.08 Å². The molecule has 2 aromatic carbocycles. The van der Waals surface area contributed by atoms with E-state index in [2.05, 4.69) is 5.32 Å². The van der Waals surface area contributed by atoms with Crippen molar-refractivity contribution < 1.29 is 14.3 Å². The fourth-order valence-corrected chi connectivity index (χ4v) is 2.43. The molecule has 4 heteroatoms. The van der Waals surface area contributed by atoms with Gasteiger partial charge in [-0.15, -0.1) is 0 Å². The molecular formula is C19H19NO3. The van der Waals surface area contributed by atoms with Gasteiger partial charge in [0.1, 0.15) is 12.1 Å². The lowest BCUT2D eigenvalue weighted by molar-refractivity contribution is 0.0763.